The summed E-state index contributed by atoms with van der Waals surface area (Å²) in [6.07, 6.45) is 1.45. The van der Waals surface area contributed by atoms with E-state index in [9.17, 15) is 9.59 Å². The normalized spacial score (nSPS) is 11.8. The summed E-state index contributed by atoms with van der Waals surface area (Å²) in [7, 11) is 0. The Morgan fingerprint density at radius 3 is 2.83 bits per heavy atom. The number of anilines is 1. The molecule has 2 heterocycles. The Morgan fingerprint density at radius 2 is 2.17 bits per heavy atom. The topological polar surface area (TPSA) is 76.6 Å². The van der Waals surface area contributed by atoms with Gasteiger partial charge in [-0.3, -0.25) is 9.59 Å². The van der Waals surface area contributed by atoms with E-state index in [-0.39, 0.29) is 11.7 Å². The van der Waals surface area contributed by atoms with Gasteiger partial charge < -0.3 is 14.3 Å². The number of fused-ring (bicyclic) bond motifs is 1. The molecule has 1 N–H and O–H groups in total. The summed E-state index contributed by atoms with van der Waals surface area (Å²) in [4.78, 5) is 28.0. The Hall–Kier alpha value is -2.67. The molecule has 0 unspecified atom stereocenters. The number of rotatable bonds is 3. The third-order valence-corrected chi connectivity index (χ3v) is 4.29. The zero-order chi connectivity index (χ0) is 16.4. The highest BCUT2D eigenvalue weighted by molar-refractivity contribution is 7.16. The molecule has 2 aromatic heterocycles. The smallest absolute Gasteiger partial charge is 0.315 e. The molecule has 0 aliphatic carbocycles. The van der Waals surface area contributed by atoms with Crippen molar-refractivity contribution in [1.82, 2.24) is 4.57 Å². The second kappa shape index (κ2) is 6.21. The minimum absolute atomic E-state index is 0.123. The van der Waals surface area contributed by atoms with Gasteiger partial charge >= 0.3 is 5.91 Å². The van der Waals surface area contributed by atoms with Crippen LogP contribution in [0.5, 0.6) is 0 Å². The summed E-state index contributed by atoms with van der Waals surface area (Å²) in [5, 5.41) is 2.75. The second-order valence-electron chi connectivity index (χ2n) is 4.89. The first-order valence-corrected chi connectivity index (χ1v) is 7.93. The van der Waals surface area contributed by atoms with Gasteiger partial charge in [-0.25, -0.2) is 0 Å². The van der Waals surface area contributed by atoms with Crippen molar-refractivity contribution in [2.24, 2.45) is 4.99 Å². The third-order valence-electron chi connectivity index (χ3n) is 3.25. The fraction of sp³-hybridized carbons (Fsp3) is 0.188. The average molecular weight is 329 g/mol. The number of aryl methyl sites for hydroxylation is 1. The number of furan rings is 1. The van der Waals surface area contributed by atoms with E-state index in [1.165, 1.54) is 24.5 Å². The van der Waals surface area contributed by atoms with Gasteiger partial charge in [-0.1, -0.05) is 11.3 Å². The molecule has 118 valence electrons. The molecule has 0 aliphatic heterocycles. The first-order valence-electron chi connectivity index (χ1n) is 7.12. The molecule has 0 radical (unpaired) electrons. The standard InChI is InChI=1S/C16H15N3O3S/c1-3-19-12-7-6-11(17-10(2)20)9-14(12)23-16(19)18-15(21)13-5-4-8-22-13/h4-9H,3H2,1-2H3,(H,17,20). The fourth-order valence-corrected chi connectivity index (χ4v) is 3.42. The van der Waals surface area contributed by atoms with Crippen LogP contribution in [0.2, 0.25) is 0 Å². The minimum atomic E-state index is -0.411. The van der Waals surface area contributed by atoms with E-state index in [2.05, 4.69) is 10.3 Å². The molecular formula is C16H15N3O3S. The van der Waals surface area contributed by atoms with Gasteiger partial charge in [-0.05, 0) is 37.3 Å². The van der Waals surface area contributed by atoms with Crippen LogP contribution in [0.1, 0.15) is 24.4 Å². The molecule has 23 heavy (non-hydrogen) atoms. The maximum Gasteiger partial charge on any atom is 0.315 e. The van der Waals surface area contributed by atoms with Crippen LogP contribution in [0.25, 0.3) is 10.2 Å². The van der Waals surface area contributed by atoms with Gasteiger partial charge in [0.25, 0.3) is 0 Å². The van der Waals surface area contributed by atoms with E-state index >= 15 is 0 Å². The lowest BCUT2D eigenvalue weighted by Crippen LogP contribution is -2.15. The summed E-state index contributed by atoms with van der Waals surface area (Å²) < 4.78 is 7.99. The van der Waals surface area contributed by atoms with E-state index < -0.39 is 5.91 Å². The molecule has 0 saturated heterocycles. The van der Waals surface area contributed by atoms with Crippen LogP contribution < -0.4 is 10.1 Å². The molecule has 0 saturated carbocycles. The molecule has 0 atom stereocenters. The quantitative estimate of drug-likeness (QED) is 0.802. The number of carbonyl (C=O) groups excluding carboxylic acids is 2. The highest BCUT2D eigenvalue weighted by atomic mass is 32.1. The van der Waals surface area contributed by atoms with E-state index in [1.807, 2.05) is 29.7 Å². The summed E-state index contributed by atoms with van der Waals surface area (Å²) in [5.74, 6) is -0.322. The molecule has 1 aromatic carbocycles. The highest BCUT2D eigenvalue weighted by Crippen LogP contribution is 2.22. The number of hydrogen-bond donors (Lipinski definition) is 1. The number of nitrogens with zero attached hydrogens (tertiary/aromatic N) is 2. The molecule has 3 rings (SSSR count). The SMILES string of the molecule is CCn1c(=NC(=O)c2ccco2)sc2cc(NC(C)=O)ccc21. The van der Waals surface area contributed by atoms with E-state index in [0.717, 1.165) is 15.9 Å². The molecule has 0 bridgehead atoms. The van der Waals surface area contributed by atoms with Gasteiger partial charge in [0.05, 0.1) is 16.5 Å². The lowest BCUT2D eigenvalue weighted by atomic mass is 10.3. The Morgan fingerprint density at radius 1 is 1.35 bits per heavy atom. The Labute approximate surface area is 136 Å². The van der Waals surface area contributed by atoms with Crippen LogP contribution in [-0.2, 0) is 11.3 Å². The second-order valence-corrected chi connectivity index (χ2v) is 5.90. The summed E-state index contributed by atoms with van der Waals surface area (Å²) in [5.41, 5.74) is 1.69. The Balaban J connectivity index is 2.09. The average Bonchev–Trinajstić information content (AvgIpc) is 3.13. The van der Waals surface area contributed by atoms with Crippen molar-refractivity contribution in [3.63, 3.8) is 0 Å². The van der Waals surface area contributed by atoms with Gasteiger partial charge in [-0.15, -0.1) is 0 Å². The predicted octanol–water partition coefficient (Wildman–Crippen LogP) is 3.02. The zero-order valence-electron chi connectivity index (χ0n) is 12.7. The predicted molar refractivity (Wildman–Crippen MR) is 88.4 cm³/mol. The molecule has 6 nitrogen and oxygen atoms in total. The zero-order valence-corrected chi connectivity index (χ0v) is 13.5. The van der Waals surface area contributed by atoms with Gasteiger partial charge in [-0.2, -0.15) is 4.99 Å². The number of thiazole rings is 1. The summed E-state index contributed by atoms with van der Waals surface area (Å²) in [6, 6.07) is 8.87. The van der Waals surface area contributed by atoms with Gasteiger partial charge in [0.1, 0.15) is 0 Å². The van der Waals surface area contributed by atoms with Crippen LogP contribution >= 0.6 is 11.3 Å². The minimum Gasteiger partial charge on any atom is -0.459 e. The fourth-order valence-electron chi connectivity index (χ4n) is 2.29. The lowest BCUT2D eigenvalue weighted by molar-refractivity contribution is -0.114. The summed E-state index contributed by atoms with van der Waals surface area (Å²) >= 11 is 1.40. The van der Waals surface area contributed by atoms with Crippen molar-refractivity contribution in [2.75, 3.05) is 5.32 Å². The molecule has 7 heteroatoms. The van der Waals surface area contributed by atoms with Gasteiger partial charge in [0.15, 0.2) is 10.6 Å². The van der Waals surface area contributed by atoms with E-state index in [4.69, 9.17) is 4.42 Å². The van der Waals surface area contributed by atoms with Crippen molar-refractivity contribution in [2.45, 2.75) is 20.4 Å². The van der Waals surface area contributed by atoms with Crippen molar-refractivity contribution in [1.29, 1.82) is 0 Å². The third kappa shape index (κ3) is 3.09. The lowest BCUT2D eigenvalue weighted by Gasteiger charge is -2.03. The van der Waals surface area contributed by atoms with Gasteiger partial charge in [0.2, 0.25) is 5.91 Å². The first-order chi connectivity index (χ1) is 11.1. The van der Waals surface area contributed by atoms with Crippen LogP contribution in [0.15, 0.2) is 46.0 Å². The summed E-state index contributed by atoms with van der Waals surface area (Å²) in [6.45, 7) is 4.14. The Kier molecular flexibility index (Phi) is 4.12. The first kappa shape index (κ1) is 15.2. The molecule has 0 spiro atoms. The van der Waals surface area contributed by atoms with E-state index in [1.54, 1.807) is 12.1 Å². The number of nitrogens with one attached hydrogen (secondary N) is 1. The molecule has 2 amide bonds. The van der Waals surface area contributed by atoms with Crippen LogP contribution in [-0.4, -0.2) is 16.4 Å². The van der Waals surface area contributed by atoms with Crippen LogP contribution in [0.3, 0.4) is 0 Å². The number of amides is 2. The number of benzene rings is 1. The highest BCUT2D eigenvalue weighted by Gasteiger charge is 2.10. The molecule has 0 fully saturated rings. The molecule has 3 aromatic rings. The number of hydrogen-bond acceptors (Lipinski definition) is 4. The molecule has 0 aliphatic rings. The largest absolute Gasteiger partial charge is 0.459 e. The van der Waals surface area contributed by atoms with Crippen molar-refractivity contribution in [3.05, 3.63) is 47.2 Å². The maximum absolute atomic E-state index is 12.1. The van der Waals surface area contributed by atoms with E-state index in [0.29, 0.717) is 11.3 Å². The monoisotopic (exact) mass is 329 g/mol. The van der Waals surface area contributed by atoms with Crippen molar-refractivity contribution < 1.29 is 14.0 Å². The number of carbonyl (C=O) groups is 2. The maximum atomic E-state index is 12.1. The molecular weight excluding hydrogens is 314 g/mol. The van der Waals surface area contributed by atoms with Crippen LogP contribution in [0.4, 0.5) is 5.69 Å². The van der Waals surface area contributed by atoms with Crippen molar-refractivity contribution >= 4 is 39.1 Å². The van der Waals surface area contributed by atoms with Crippen molar-refractivity contribution in [3.8, 4) is 0 Å². The van der Waals surface area contributed by atoms with Crippen LogP contribution in [0, 0.1) is 0 Å². The van der Waals surface area contributed by atoms with Gasteiger partial charge in [0, 0.05) is 19.2 Å². The number of aromatic nitrogens is 1. The Bertz CT molecular complexity index is 935.